The van der Waals surface area contributed by atoms with E-state index in [1.54, 1.807) is 6.07 Å². The number of nitro benzene ring substituents is 1. The van der Waals surface area contributed by atoms with Crippen molar-refractivity contribution in [1.29, 1.82) is 5.26 Å². The second-order valence-corrected chi connectivity index (χ2v) is 6.78. The maximum Gasteiger partial charge on any atom is 0.287 e. The third-order valence-corrected chi connectivity index (χ3v) is 4.44. The Kier molecular flexibility index (Phi) is 6.71. The van der Waals surface area contributed by atoms with Crippen LogP contribution >= 0.6 is 0 Å². The van der Waals surface area contributed by atoms with Gasteiger partial charge in [-0.15, -0.1) is 0 Å². The Morgan fingerprint density at radius 2 is 1.32 bits per heavy atom. The van der Waals surface area contributed by atoms with E-state index in [1.807, 2.05) is 78.9 Å². The Balaban J connectivity index is 1.66. The normalized spacial score (nSPS) is 10.8. The molecule has 1 N–H and O–H groups in total. The van der Waals surface area contributed by atoms with E-state index in [0.717, 1.165) is 22.4 Å². The smallest absolute Gasteiger partial charge is 0.287 e. The summed E-state index contributed by atoms with van der Waals surface area (Å²) in [6.07, 6.45) is 7.68. The third kappa shape index (κ3) is 5.99. The van der Waals surface area contributed by atoms with Gasteiger partial charge in [-0.1, -0.05) is 60.7 Å². The molecule has 0 unspecified atom stereocenters. The van der Waals surface area contributed by atoms with Crippen LogP contribution < -0.4 is 5.32 Å². The van der Waals surface area contributed by atoms with Gasteiger partial charge in [0.25, 0.3) is 5.69 Å². The Hall–Kier alpha value is -4.50. The fraction of sp³-hybridized carbons (Fsp3) is 0.0400. The molecule has 0 fully saturated rings. The summed E-state index contributed by atoms with van der Waals surface area (Å²) in [4.78, 5) is 21.4. The molecule has 3 rings (SSSR count). The topological polar surface area (TPSA) is 96.0 Å². The quantitative estimate of drug-likeness (QED) is 0.318. The number of nitro groups is 1. The van der Waals surface area contributed by atoms with E-state index in [9.17, 15) is 14.9 Å². The highest BCUT2D eigenvalue weighted by atomic mass is 16.6. The lowest BCUT2D eigenvalue weighted by molar-refractivity contribution is -0.385. The highest BCUT2D eigenvalue weighted by Crippen LogP contribution is 2.21. The van der Waals surface area contributed by atoms with Crippen molar-refractivity contribution in [3.8, 4) is 6.07 Å². The lowest BCUT2D eigenvalue weighted by Gasteiger charge is -2.02. The second-order valence-electron chi connectivity index (χ2n) is 6.78. The van der Waals surface area contributed by atoms with Gasteiger partial charge in [0.1, 0.15) is 11.6 Å². The van der Waals surface area contributed by atoms with E-state index >= 15 is 0 Å². The molecule has 0 aliphatic heterocycles. The Labute approximate surface area is 179 Å². The minimum atomic E-state index is -0.560. The number of carbonyl (C=O) groups excluding carboxylic acids is 1. The Bertz CT molecular complexity index is 1200. The summed E-state index contributed by atoms with van der Waals surface area (Å²) in [5, 5.41) is 22.7. The summed E-state index contributed by atoms with van der Waals surface area (Å²) in [5.74, 6) is -0.100. The summed E-state index contributed by atoms with van der Waals surface area (Å²) < 4.78 is 0. The third-order valence-electron chi connectivity index (χ3n) is 4.44. The first-order valence-corrected chi connectivity index (χ1v) is 9.47. The molecule has 0 bridgehead atoms. The number of hydrogen-bond acceptors (Lipinski definition) is 4. The number of benzene rings is 3. The number of anilines is 1. The molecule has 0 spiro atoms. The number of nitriles is 1. The van der Waals surface area contributed by atoms with Crippen molar-refractivity contribution in [2.75, 3.05) is 5.32 Å². The first kappa shape index (κ1) is 21.2. The van der Waals surface area contributed by atoms with Crippen LogP contribution in [0, 0.1) is 21.4 Å². The average Bonchev–Trinajstić information content (AvgIpc) is 2.77. The first-order chi connectivity index (χ1) is 14.9. The van der Waals surface area contributed by atoms with Crippen LogP contribution in [0.15, 0.2) is 66.7 Å². The SMILES string of the molecule is CC(=O)Nc1ccc(C=Cc2ccc(C=Cc3ccc([N+](=O)[O-])c(C#N)c3)cc2)cc1. The van der Waals surface area contributed by atoms with Gasteiger partial charge in [-0.2, -0.15) is 5.26 Å². The van der Waals surface area contributed by atoms with Crippen molar-refractivity contribution in [2.45, 2.75) is 6.92 Å². The van der Waals surface area contributed by atoms with Gasteiger partial charge < -0.3 is 5.32 Å². The Morgan fingerprint density at radius 1 is 0.871 bits per heavy atom. The molecule has 0 aliphatic rings. The van der Waals surface area contributed by atoms with Crippen LogP contribution in [-0.4, -0.2) is 10.8 Å². The number of hydrogen-bond donors (Lipinski definition) is 1. The number of amides is 1. The lowest BCUT2D eigenvalue weighted by atomic mass is 10.1. The van der Waals surface area contributed by atoms with Gasteiger partial charge in [-0.3, -0.25) is 14.9 Å². The number of nitrogens with zero attached hydrogens (tertiary/aromatic N) is 2. The van der Waals surface area contributed by atoms with Crippen LogP contribution in [0.3, 0.4) is 0 Å². The molecule has 1 amide bonds. The first-order valence-electron chi connectivity index (χ1n) is 9.47. The molecule has 0 atom stereocenters. The fourth-order valence-electron chi connectivity index (χ4n) is 2.89. The van der Waals surface area contributed by atoms with E-state index < -0.39 is 4.92 Å². The van der Waals surface area contributed by atoms with Gasteiger partial charge in [0.2, 0.25) is 5.91 Å². The number of carbonyl (C=O) groups is 1. The Morgan fingerprint density at radius 3 is 1.77 bits per heavy atom. The van der Waals surface area contributed by atoms with Crippen LogP contribution in [0.1, 0.15) is 34.7 Å². The highest BCUT2D eigenvalue weighted by molar-refractivity contribution is 5.88. The van der Waals surface area contributed by atoms with E-state index in [2.05, 4.69) is 5.32 Å². The predicted molar refractivity (Wildman–Crippen MR) is 123 cm³/mol. The molecule has 6 heteroatoms. The summed E-state index contributed by atoms with van der Waals surface area (Å²) in [6.45, 7) is 1.47. The van der Waals surface area contributed by atoms with Gasteiger partial charge in [0.05, 0.1) is 4.92 Å². The predicted octanol–water partition coefficient (Wildman–Crippen LogP) is 5.77. The van der Waals surface area contributed by atoms with Crippen molar-refractivity contribution in [1.82, 2.24) is 0 Å². The van der Waals surface area contributed by atoms with Crippen LogP contribution in [0.25, 0.3) is 24.3 Å². The minimum absolute atomic E-state index is 0.0396. The zero-order valence-corrected chi connectivity index (χ0v) is 16.8. The molecule has 0 saturated heterocycles. The molecule has 0 radical (unpaired) electrons. The lowest BCUT2D eigenvalue weighted by Crippen LogP contribution is -2.05. The highest BCUT2D eigenvalue weighted by Gasteiger charge is 2.12. The maximum absolute atomic E-state index is 11.1. The summed E-state index contributed by atoms with van der Waals surface area (Å²) in [5.41, 5.74) is 4.34. The largest absolute Gasteiger partial charge is 0.326 e. The molecule has 3 aromatic rings. The maximum atomic E-state index is 11.1. The van der Waals surface area contributed by atoms with Crippen molar-refractivity contribution in [3.05, 3.63) is 105 Å². The molecule has 0 aliphatic carbocycles. The van der Waals surface area contributed by atoms with Gasteiger partial charge in [0.15, 0.2) is 0 Å². The second kappa shape index (κ2) is 9.81. The summed E-state index contributed by atoms with van der Waals surface area (Å²) >= 11 is 0. The average molecular weight is 409 g/mol. The van der Waals surface area contributed by atoms with E-state index in [0.29, 0.717) is 5.56 Å². The molecular weight excluding hydrogens is 390 g/mol. The molecule has 31 heavy (non-hydrogen) atoms. The van der Waals surface area contributed by atoms with Crippen molar-refractivity contribution < 1.29 is 9.72 Å². The van der Waals surface area contributed by atoms with Crippen LogP contribution in [0.4, 0.5) is 11.4 Å². The van der Waals surface area contributed by atoms with Crippen molar-refractivity contribution in [2.24, 2.45) is 0 Å². The monoisotopic (exact) mass is 409 g/mol. The molecule has 152 valence electrons. The molecule has 0 heterocycles. The van der Waals surface area contributed by atoms with Gasteiger partial charge in [-0.25, -0.2) is 0 Å². The standard InChI is InChI=1S/C25H19N3O3/c1-18(29)27-24-13-10-21(11-14-24)7-6-19-2-4-20(5-3-19)8-9-22-12-15-25(28(30)31)23(16-22)17-26/h2-16H,1H3,(H,27,29). The zero-order valence-electron chi connectivity index (χ0n) is 16.8. The van der Waals surface area contributed by atoms with Crippen LogP contribution in [0.2, 0.25) is 0 Å². The van der Waals surface area contributed by atoms with Crippen LogP contribution in [-0.2, 0) is 4.79 Å². The van der Waals surface area contributed by atoms with Crippen molar-refractivity contribution in [3.63, 3.8) is 0 Å². The summed E-state index contributed by atoms with van der Waals surface area (Å²) in [7, 11) is 0. The zero-order chi connectivity index (χ0) is 22.2. The molecule has 0 saturated carbocycles. The molecule has 6 nitrogen and oxygen atoms in total. The number of nitrogens with one attached hydrogen (secondary N) is 1. The molecular formula is C25H19N3O3. The molecule has 3 aromatic carbocycles. The van der Waals surface area contributed by atoms with Gasteiger partial charge in [0, 0.05) is 18.7 Å². The summed E-state index contributed by atoms with van der Waals surface area (Å²) in [6, 6.07) is 21.8. The van der Waals surface area contributed by atoms with E-state index in [-0.39, 0.29) is 17.2 Å². The van der Waals surface area contributed by atoms with Crippen LogP contribution in [0.5, 0.6) is 0 Å². The number of rotatable bonds is 6. The fourth-order valence-corrected chi connectivity index (χ4v) is 2.89. The molecule has 0 aromatic heterocycles. The van der Waals surface area contributed by atoms with E-state index in [1.165, 1.54) is 19.1 Å². The van der Waals surface area contributed by atoms with Gasteiger partial charge in [-0.05, 0) is 46.5 Å². The minimum Gasteiger partial charge on any atom is -0.326 e. The van der Waals surface area contributed by atoms with Gasteiger partial charge >= 0.3 is 0 Å². The van der Waals surface area contributed by atoms with E-state index in [4.69, 9.17) is 5.26 Å². The van der Waals surface area contributed by atoms with Crippen molar-refractivity contribution >= 4 is 41.6 Å².